The van der Waals surface area contributed by atoms with Gasteiger partial charge >= 0.3 is 7.82 Å². The fraction of sp³-hybridized carbons (Fsp3) is 0.682. The summed E-state index contributed by atoms with van der Waals surface area (Å²) in [5, 5.41) is -0.186. The van der Waals surface area contributed by atoms with E-state index in [9.17, 15) is 9.36 Å². The Labute approximate surface area is 186 Å². The van der Waals surface area contributed by atoms with Crippen molar-refractivity contribution >= 4 is 24.7 Å². The summed E-state index contributed by atoms with van der Waals surface area (Å²) in [7, 11) is -1.05. The van der Waals surface area contributed by atoms with Gasteiger partial charge in [-0.05, 0) is 12.0 Å². The minimum absolute atomic E-state index is 0.0428. The second-order valence-corrected chi connectivity index (χ2v) is 10.3. The Morgan fingerprint density at radius 3 is 2.23 bits per heavy atom. The molecule has 0 aliphatic heterocycles. The molecule has 172 valence electrons. The van der Waals surface area contributed by atoms with E-state index in [1.54, 1.807) is 0 Å². The third kappa shape index (κ3) is 12.9. The zero-order valence-corrected chi connectivity index (χ0v) is 20.3. The number of ether oxygens (including phenoxy) is 1. The van der Waals surface area contributed by atoms with Gasteiger partial charge in [-0.25, -0.2) is 4.57 Å². The highest BCUT2D eigenvalue weighted by Gasteiger charge is 2.26. The summed E-state index contributed by atoms with van der Waals surface area (Å²) in [6, 6.07) is 9.81. The standard InChI is InChI=1S/C22H37O6PS/c1-4-5-6-7-8-9-13-16-22(23)30-21(19-28-29(24,25-2)26-3)18-27-17-20-14-11-10-12-15-20/h10-12,14-15,21H,4-9,13,16-19H2,1-3H3/t21-/m1/s1. The summed E-state index contributed by atoms with van der Waals surface area (Å²) in [4.78, 5) is 12.4. The van der Waals surface area contributed by atoms with Crippen molar-refractivity contribution < 1.29 is 27.7 Å². The highest BCUT2D eigenvalue weighted by molar-refractivity contribution is 8.14. The summed E-state index contributed by atoms with van der Waals surface area (Å²) in [5.74, 6) is 0. The average Bonchev–Trinajstić information content (AvgIpc) is 2.77. The molecule has 0 bridgehead atoms. The van der Waals surface area contributed by atoms with Crippen LogP contribution in [-0.4, -0.2) is 37.8 Å². The van der Waals surface area contributed by atoms with Gasteiger partial charge in [0.25, 0.3) is 0 Å². The summed E-state index contributed by atoms with van der Waals surface area (Å²) < 4.78 is 32.9. The van der Waals surface area contributed by atoms with Gasteiger partial charge in [-0.1, -0.05) is 87.5 Å². The van der Waals surface area contributed by atoms with E-state index in [2.05, 4.69) is 6.92 Å². The van der Waals surface area contributed by atoms with Gasteiger partial charge in [-0.3, -0.25) is 18.4 Å². The van der Waals surface area contributed by atoms with Crippen LogP contribution in [0.4, 0.5) is 0 Å². The summed E-state index contributed by atoms with van der Waals surface area (Å²) in [5.41, 5.74) is 1.05. The molecule has 8 heteroatoms. The van der Waals surface area contributed by atoms with E-state index in [0.717, 1.165) is 18.4 Å². The van der Waals surface area contributed by atoms with Gasteiger partial charge in [-0.2, -0.15) is 0 Å². The first-order valence-electron chi connectivity index (χ1n) is 10.7. The molecular formula is C22H37O6PS. The molecule has 0 unspecified atom stereocenters. The third-order valence-corrected chi connectivity index (χ3v) is 7.00. The first-order chi connectivity index (χ1) is 14.5. The van der Waals surface area contributed by atoms with Gasteiger partial charge in [0.15, 0.2) is 5.12 Å². The Morgan fingerprint density at radius 2 is 1.60 bits per heavy atom. The number of phosphoric ester groups is 1. The van der Waals surface area contributed by atoms with Gasteiger partial charge in [0.05, 0.1) is 25.1 Å². The number of unbranched alkanes of at least 4 members (excludes halogenated alkanes) is 6. The van der Waals surface area contributed by atoms with Crippen LogP contribution in [0, 0.1) is 0 Å². The lowest BCUT2D eigenvalue weighted by Crippen LogP contribution is -2.21. The van der Waals surface area contributed by atoms with Crippen molar-refractivity contribution in [1.29, 1.82) is 0 Å². The van der Waals surface area contributed by atoms with E-state index in [1.165, 1.54) is 58.1 Å². The van der Waals surface area contributed by atoms with Crippen molar-refractivity contribution in [3.8, 4) is 0 Å². The van der Waals surface area contributed by atoms with E-state index < -0.39 is 7.82 Å². The van der Waals surface area contributed by atoms with Crippen LogP contribution in [0.3, 0.4) is 0 Å². The Hall–Kier alpha value is -0.690. The summed E-state index contributed by atoms with van der Waals surface area (Å²) in [6.07, 6.45) is 8.71. The van der Waals surface area contributed by atoms with Crippen LogP contribution < -0.4 is 0 Å². The van der Waals surface area contributed by atoms with Crippen molar-refractivity contribution in [1.82, 2.24) is 0 Å². The van der Waals surface area contributed by atoms with Crippen LogP contribution in [0.5, 0.6) is 0 Å². The molecule has 0 spiro atoms. The normalized spacial score (nSPS) is 12.8. The first-order valence-corrected chi connectivity index (χ1v) is 13.0. The van der Waals surface area contributed by atoms with E-state index in [1.807, 2.05) is 30.3 Å². The van der Waals surface area contributed by atoms with Crippen molar-refractivity contribution in [3.63, 3.8) is 0 Å². The van der Waals surface area contributed by atoms with E-state index in [-0.39, 0.29) is 17.0 Å². The van der Waals surface area contributed by atoms with Crippen molar-refractivity contribution in [2.45, 2.75) is 70.1 Å². The summed E-state index contributed by atoms with van der Waals surface area (Å²) >= 11 is 1.19. The molecule has 6 nitrogen and oxygen atoms in total. The van der Waals surface area contributed by atoms with E-state index >= 15 is 0 Å². The smallest absolute Gasteiger partial charge is 0.376 e. The predicted octanol–water partition coefficient (Wildman–Crippen LogP) is 6.39. The molecule has 1 aromatic carbocycles. The number of rotatable bonds is 18. The van der Waals surface area contributed by atoms with Crippen LogP contribution in [0.15, 0.2) is 30.3 Å². The molecule has 1 atom stereocenters. The summed E-state index contributed by atoms with van der Waals surface area (Å²) in [6.45, 7) is 2.99. The molecular weight excluding hydrogens is 423 g/mol. The number of carbonyl (C=O) groups excluding carboxylic acids is 1. The topological polar surface area (TPSA) is 71.1 Å². The zero-order chi connectivity index (χ0) is 22.1. The minimum atomic E-state index is -3.59. The van der Waals surface area contributed by atoms with Crippen LogP contribution in [-0.2, 0) is 34.3 Å². The monoisotopic (exact) mass is 460 g/mol. The largest absolute Gasteiger partial charge is 0.474 e. The fourth-order valence-corrected chi connectivity index (χ4v) is 4.58. The van der Waals surface area contributed by atoms with Gasteiger partial charge in [0.2, 0.25) is 0 Å². The second kappa shape index (κ2) is 16.9. The minimum Gasteiger partial charge on any atom is -0.376 e. The molecule has 0 aliphatic carbocycles. The number of benzene rings is 1. The molecule has 1 rings (SSSR count). The molecule has 0 fully saturated rings. The zero-order valence-electron chi connectivity index (χ0n) is 18.5. The van der Waals surface area contributed by atoms with Gasteiger partial charge < -0.3 is 4.74 Å². The van der Waals surface area contributed by atoms with Crippen molar-refractivity contribution in [2.75, 3.05) is 27.4 Å². The maximum absolute atomic E-state index is 12.4. The van der Waals surface area contributed by atoms with Gasteiger partial charge in [0, 0.05) is 20.6 Å². The molecule has 0 radical (unpaired) electrons. The van der Waals surface area contributed by atoms with Gasteiger partial charge in [0.1, 0.15) is 0 Å². The average molecular weight is 461 g/mol. The highest BCUT2D eigenvalue weighted by Crippen LogP contribution is 2.48. The lowest BCUT2D eigenvalue weighted by atomic mass is 10.1. The molecule has 0 aliphatic rings. The van der Waals surface area contributed by atoms with Gasteiger partial charge in [-0.15, -0.1) is 0 Å². The van der Waals surface area contributed by atoms with Crippen LogP contribution in [0.2, 0.25) is 0 Å². The molecule has 0 aromatic heterocycles. The highest BCUT2D eigenvalue weighted by atomic mass is 32.2. The second-order valence-electron chi connectivity index (χ2n) is 7.09. The van der Waals surface area contributed by atoms with Crippen LogP contribution >= 0.6 is 19.6 Å². The SMILES string of the molecule is CCCCCCCCCC(=O)S[C@H](COCc1ccccc1)COP(=O)(OC)OC. The first kappa shape index (κ1) is 27.3. The Balaban J connectivity index is 2.42. The third-order valence-electron chi connectivity index (χ3n) is 4.56. The Kier molecular flexibility index (Phi) is 15.4. The lowest BCUT2D eigenvalue weighted by Gasteiger charge is -2.19. The molecule has 30 heavy (non-hydrogen) atoms. The Bertz CT molecular complexity index is 605. The molecule has 0 amide bonds. The molecule has 0 saturated carbocycles. The van der Waals surface area contributed by atoms with E-state index in [0.29, 0.717) is 19.6 Å². The molecule has 0 N–H and O–H groups in total. The quantitative estimate of drug-likeness (QED) is 0.186. The number of phosphoric acid groups is 1. The number of thioether (sulfide) groups is 1. The maximum Gasteiger partial charge on any atom is 0.474 e. The fourth-order valence-electron chi connectivity index (χ4n) is 2.82. The lowest BCUT2D eigenvalue weighted by molar-refractivity contribution is -0.111. The molecule has 1 aromatic rings. The van der Waals surface area contributed by atoms with Crippen molar-refractivity contribution in [3.05, 3.63) is 35.9 Å². The van der Waals surface area contributed by atoms with E-state index in [4.69, 9.17) is 18.3 Å². The Morgan fingerprint density at radius 1 is 0.967 bits per heavy atom. The number of carbonyl (C=O) groups is 1. The van der Waals surface area contributed by atoms with Crippen LogP contribution in [0.1, 0.15) is 63.9 Å². The maximum atomic E-state index is 12.4. The van der Waals surface area contributed by atoms with Crippen LogP contribution in [0.25, 0.3) is 0 Å². The van der Waals surface area contributed by atoms with Crippen molar-refractivity contribution in [2.24, 2.45) is 0 Å². The molecule has 0 saturated heterocycles. The number of hydrogen-bond donors (Lipinski definition) is 0. The predicted molar refractivity (Wildman–Crippen MR) is 123 cm³/mol. The number of hydrogen-bond acceptors (Lipinski definition) is 7. The molecule has 0 heterocycles.